The minimum absolute atomic E-state index is 0.202. The second-order valence-electron chi connectivity index (χ2n) is 5.78. The summed E-state index contributed by atoms with van der Waals surface area (Å²) in [4.78, 5) is 30.0. The maximum Gasteiger partial charge on any atom is 0.282 e. The minimum Gasteiger partial charge on any atom is -0.322 e. The maximum atomic E-state index is 12.8. The topological polar surface area (TPSA) is 66.9 Å². The molecule has 8 heteroatoms. The van der Waals surface area contributed by atoms with Crippen LogP contribution < -0.4 is 11.0 Å². The third-order valence-electron chi connectivity index (χ3n) is 3.98. The van der Waals surface area contributed by atoms with Crippen LogP contribution in [0, 0.1) is 11.7 Å². The van der Waals surface area contributed by atoms with Crippen LogP contribution in [0.1, 0.15) is 22.9 Å². The predicted molar refractivity (Wildman–Crippen MR) is 112 cm³/mol. The highest BCUT2D eigenvalue weighted by molar-refractivity contribution is 7.99. The van der Waals surface area contributed by atoms with Crippen LogP contribution >= 0.6 is 35.3 Å². The summed E-state index contributed by atoms with van der Waals surface area (Å²) in [6.45, 7) is 4.00. The van der Waals surface area contributed by atoms with Crippen molar-refractivity contribution in [1.29, 1.82) is 0 Å². The van der Waals surface area contributed by atoms with Crippen molar-refractivity contribution in [3.8, 4) is 0 Å². The fourth-order valence-electron chi connectivity index (χ4n) is 2.77. The number of H-pyrrole nitrogens is 1. The van der Waals surface area contributed by atoms with Crippen LogP contribution in [-0.4, -0.2) is 21.3 Å². The number of carbonyl (C=O) groups excluding carboxylic acids is 1. The summed E-state index contributed by atoms with van der Waals surface area (Å²) in [5.74, 6) is 0.729. The van der Waals surface area contributed by atoms with E-state index in [1.807, 2.05) is 44.2 Å². The molecule has 0 saturated heterocycles. The van der Waals surface area contributed by atoms with Crippen molar-refractivity contribution < 1.29 is 4.79 Å². The highest BCUT2D eigenvalue weighted by Gasteiger charge is 2.15. The fraction of sp³-hybridized carbons (Fsp3) is 0.278. The van der Waals surface area contributed by atoms with E-state index in [2.05, 4.69) is 10.4 Å². The average molecular weight is 406 g/mol. The summed E-state index contributed by atoms with van der Waals surface area (Å²) in [6.07, 6.45) is 0.757. The number of benzene rings is 1. The third-order valence-corrected chi connectivity index (χ3v) is 6.34. The zero-order chi connectivity index (χ0) is 18.7. The Morgan fingerprint density at radius 1 is 1.35 bits per heavy atom. The number of aromatic amines is 1. The van der Waals surface area contributed by atoms with Gasteiger partial charge in [0.15, 0.2) is 0 Å². The van der Waals surface area contributed by atoms with Crippen LogP contribution in [0.25, 0.3) is 10.2 Å². The number of thiophene rings is 1. The van der Waals surface area contributed by atoms with Crippen molar-refractivity contribution in [3.63, 3.8) is 0 Å². The van der Waals surface area contributed by atoms with Crippen molar-refractivity contribution in [2.45, 2.75) is 26.0 Å². The molecule has 0 saturated carbocycles. The lowest BCUT2D eigenvalue weighted by atomic mass is 10.1. The van der Waals surface area contributed by atoms with Crippen LogP contribution in [0.15, 0.2) is 35.1 Å². The molecular weight excluding hydrogens is 386 g/mol. The number of thioether (sulfide) groups is 1. The molecule has 0 aliphatic rings. The number of nitrogens with zero attached hydrogens (tertiary/aromatic N) is 1. The van der Waals surface area contributed by atoms with Gasteiger partial charge >= 0.3 is 0 Å². The molecule has 0 bridgehead atoms. The zero-order valence-electron chi connectivity index (χ0n) is 14.5. The van der Waals surface area contributed by atoms with E-state index in [4.69, 9.17) is 12.2 Å². The molecule has 1 aromatic carbocycles. The second-order valence-corrected chi connectivity index (χ2v) is 8.38. The van der Waals surface area contributed by atoms with Gasteiger partial charge in [0.25, 0.3) is 5.56 Å². The molecule has 0 radical (unpaired) electrons. The molecule has 0 aliphatic heterocycles. The summed E-state index contributed by atoms with van der Waals surface area (Å²) in [7, 11) is 0. The van der Waals surface area contributed by atoms with Gasteiger partial charge in [0, 0.05) is 10.6 Å². The number of rotatable bonds is 6. The van der Waals surface area contributed by atoms with Crippen LogP contribution in [0.4, 0.5) is 0 Å². The van der Waals surface area contributed by atoms with Crippen molar-refractivity contribution >= 4 is 51.4 Å². The Labute approximate surface area is 164 Å². The molecule has 1 amide bonds. The van der Waals surface area contributed by atoms with E-state index >= 15 is 0 Å². The number of amides is 1. The lowest BCUT2D eigenvalue weighted by Gasteiger charge is -2.09. The third kappa shape index (κ3) is 3.92. The van der Waals surface area contributed by atoms with Crippen molar-refractivity contribution in [2.24, 2.45) is 0 Å². The van der Waals surface area contributed by atoms with Gasteiger partial charge in [0.1, 0.15) is 4.83 Å². The number of carbonyl (C=O) groups is 1. The first-order valence-corrected chi connectivity index (χ1v) is 10.6. The largest absolute Gasteiger partial charge is 0.322 e. The summed E-state index contributed by atoms with van der Waals surface area (Å²) in [5, 5.41) is 0.612. The second kappa shape index (κ2) is 8.20. The summed E-state index contributed by atoms with van der Waals surface area (Å²) >= 11 is 8.27. The van der Waals surface area contributed by atoms with E-state index in [-0.39, 0.29) is 22.0 Å². The van der Waals surface area contributed by atoms with Crippen molar-refractivity contribution in [1.82, 2.24) is 9.66 Å². The molecule has 26 heavy (non-hydrogen) atoms. The number of aromatic nitrogens is 2. The van der Waals surface area contributed by atoms with Gasteiger partial charge in [0.2, 0.25) is 10.7 Å². The predicted octanol–water partition coefficient (Wildman–Crippen LogP) is 3.99. The number of fused-ring (bicyclic) bond motifs is 1. The van der Waals surface area contributed by atoms with Crippen LogP contribution in [0.5, 0.6) is 0 Å². The van der Waals surface area contributed by atoms with Gasteiger partial charge < -0.3 is 4.98 Å². The van der Waals surface area contributed by atoms with Crippen molar-refractivity contribution in [2.75, 3.05) is 11.2 Å². The van der Waals surface area contributed by atoms with Gasteiger partial charge in [-0.2, -0.15) is 4.68 Å². The van der Waals surface area contributed by atoms with Gasteiger partial charge in [-0.15, -0.1) is 23.1 Å². The molecule has 136 valence electrons. The Morgan fingerprint density at radius 2 is 2.08 bits per heavy atom. The van der Waals surface area contributed by atoms with Gasteiger partial charge in [-0.1, -0.05) is 37.3 Å². The molecule has 5 nitrogen and oxygen atoms in total. The van der Waals surface area contributed by atoms with Gasteiger partial charge in [-0.25, -0.2) is 0 Å². The highest BCUT2D eigenvalue weighted by Crippen LogP contribution is 2.27. The Hall–Kier alpha value is -1.90. The Balaban J connectivity index is 1.77. The van der Waals surface area contributed by atoms with E-state index in [9.17, 15) is 9.59 Å². The molecule has 0 aliphatic carbocycles. The normalized spacial score (nSPS) is 11.0. The first-order chi connectivity index (χ1) is 12.5. The standard InChI is InChI=1S/C18H19N3O2S3/c1-3-13-11(2)26-16-15(13)17(23)21(18(24)19-16)20-14(22)10-25-9-12-7-5-4-6-8-12/h4-8H,3,9-10H2,1-2H3,(H,19,24)(H,20,22). The maximum absolute atomic E-state index is 12.8. The van der Waals surface area contributed by atoms with Crippen LogP contribution in [-0.2, 0) is 17.0 Å². The highest BCUT2D eigenvalue weighted by atomic mass is 32.2. The number of nitrogens with one attached hydrogen (secondary N) is 2. The average Bonchev–Trinajstić information content (AvgIpc) is 2.94. The SMILES string of the molecule is CCc1c(C)sc2[nH]c(=S)n(NC(=O)CSCc3ccccc3)c(=O)c12. The lowest BCUT2D eigenvalue weighted by Crippen LogP contribution is -2.35. The molecule has 3 rings (SSSR count). The molecule has 2 aromatic heterocycles. The lowest BCUT2D eigenvalue weighted by molar-refractivity contribution is -0.114. The number of hydrogen-bond donors (Lipinski definition) is 2. The van der Waals surface area contributed by atoms with E-state index in [0.717, 1.165) is 37.7 Å². The summed E-state index contributed by atoms with van der Waals surface area (Å²) in [6, 6.07) is 9.94. The zero-order valence-corrected chi connectivity index (χ0v) is 16.9. The van der Waals surface area contributed by atoms with Gasteiger partial charge in [-0.3, -0.25) is 15.0 Å². The molecule has 0 fully saturated rings. The molecular formula is C18H19N3O2S3. The molecule has 0 spiro atoms. The smallest absolute Gasteiger partial charge is 0.282 e. The van der Waals surface area contributed by atoms with Crippen molar-refractivity contribution in [3.05, 3.63) is 61.5 Å². The molecule has 2 N–H and O–H groups in total. The molecule has 0 unspecified atom stereocenters. The molecule has 0 atom stereocenters. The van der Waals surface area contributed by atoms with E-state index < -0.39 is 0 Å². The van der Waals surface area contributed by atoms with E-state index in [1.54, 1.807) is 0 Å². The fourth-order valence-corrected chi connectivity index (χ4v) is 4.98. The van der Waals surface area contributed by atoms with Crippen LogP contribution in [0.3, 0.4) is 0 Å². The molecule has 2 heterocycles. The Bertz CT molecular complexity index is 1050. The summed E-state index contributed by atoms with van der Waals surface area (Å²) < 4.78 is 1.35. The molecule has 3 aromatic rings. The quantitative estimate of drug-likeness (QED) is 0.609. The Kier molecular flexibility index (Phi) is 5.95. The monoisotopic (exact) mass is 405 g/mol. The first kappa shape index (κ1) is 18.9. The van der Waals surface area contributed by atoms with Gasteiger partial charge in [-0.05, 0) is 36.7 Å². The minimum atomic E-state index is -0.272. The van der Waals surface area contributed by atoms with E-state index in [1.165, 1.54) is 23.1 Å². The number of aryl methyl sites for hydroxylation is 2. The summed E-state index contributed by atoms with van der Waals surface area (Å²) in [5.41, 5.74) is 4.52. The Morgan fingerprint density at radius 3 is 2.77 bits per heavy atom. The van der Waals surface area contributed by atoms with Crippen LogP contribution in [0.2, 0.25) is 0 Å². The van der Waals surface area contributed by atoms with E-state index in [0.29, 0.717) is 5.39 Å². The first-order valence-electron chi connectivity index (χ1n) is 8.20. The van der Waals surface area contributed by atoms with Gasteiger partial charge in [0.05, 0.1) is 11.1 Å². The number of hydrogen-bond acceptors (Lipinski definition) is 5.